The van der Waals surface area contributed by atoms with Gasteiger partial charge in [0, 0.05) is 29.6 Å². The van der Waals surface area contributed by atoms with Gasteiger partial charge in [0.2, 0.25) is 0 Å². The van der Waals surface area contributed by atoms with Gasteiger partial charge in [-0.3, -0.25) is 4.79 Å². The second kappa shape index (κ2) is 5.95. The van der Waals surface area contributed by atoms with Crippen molar-refractivity contribution in [1.29, 1.82) is 0 Å². The molecule has 1 fully saturated rings. The van der Waals surface area contributed by atoms with Crippen LogP contribution in [0.4, 0.5) is 0 Å². The largest absolute Gasteiger partial charge is 0.338 e. The highest BCUT2D eigenvalue weighted by Gasteiger charge is 2.26. The van der Waals surface area contributed by atoms with Crippen LogP contribution in [0.2, 0.25) is 0 Å². The summed E-state index contributed by atoms with van der Waals surface area (Å²) in [5, 5.41) is 3.06. The van der Waals surface area contributed by atoms with Crippen LogP contribution in [0.25, 0.3) is 11.3 Å². The third-order valence-corrected chi connectivity index (χ3v) is 4.70. The van der Waals surface area contributed by atoms with E-state index in [2.05, 4.69) is 4.98 Å². The molecule has 3 rings (SSSR count). The maximum Gasteiger partial charge on any atom is 0.253 e. The van der Waals surface area contributed by atoms with Gasteiger partial charge in [0.25, 0.3) is 5.91 Å². The van der Waals surface area contributed by atoms with Gasteiger partial charge in [-0.1, -0.05) is 12.1 Å². The molecule has 2 heterocycles. The van der Waals surface area contributed by atoms with Gasteiger partial charge in [0.1, 0.15) is 0 Å². The smallest absolute Gasteiger partial charge is 0.253 e. The number of hydrogen-bond donors (Lipinski definition) is 1. The first-order valence-electron chi connectivity index (χ1n) is 7.19. The molecule has 2 aromatic rings. The fourth-order valence-electron chi connectivity index (χ4n) is 2.70. The fourth-order valence-corrected chi connectivity index (χ4v) is 3.32. The van der Waals surface area contributed by atoms with Gasteiger partial charge < -0.3 is 10.6 Å². The lowest BCUT2D eigenvalue weighted by Gasteiger charge is -2.16. The number of nitrogens with zero attached hydrogens (tertiary/aromatic N) is 2. The molecular weight excluding hydrogens is 282 g/mol. The molecule has 1 aliphatic heterocycles. The molecule has 1 atom stereocenters. The Balaban J connectivity index is 1.81. The van der Waals surface area contributed by atoms with E-state index in [1.807, 2.05) is 41.5 Å². The molecular formula is C16H19N3OS. The summed E-state index contributed by atoms with van der Waals surface area (Å²) < 4.78 is 0. The van der Waals surface area contributed by atoms with Crippen LogP contribution in [-0.2, 0) is 0 Å². The van der Waals surface area contributed by atoms with Crippen LogP contribution >= 0.6 is 11.3 Å². The number of nitrogens with two attached hydrogens (primary N) is 1. The maximum atomic E-state index is 12.6. The van der Waals surface area contributed by atoms with E-state index >= 15 is 0 Å². The molecule has 0 spiro atoms. The summed E-state index contributed by atoms with van der Waals surface area (Å²) in [6.07, 6.45) is 1.01. The quantitative estimate of drug-likeness (QED) is 0.947. The second-order valence-electron chi connectivity index (χ2n) is 5.47. The minimum absolute atomic E-state index is 0.0970. The van der Waals surface area contributed by atoms with Gasteiger partial charge in [-0.15, -0.1) is 11.3 Å². The molecule has 0 radical (unpaired) electrons. The minimum Gasteiger partial charge on any atom is -0.338 e. The number of amides is 1. The number of rotatable bonds is 3. The number of carbonyl (C=O) groups is 1. The van der Waals surface area contributed by atoms with Crippen molar-refractivity contribution in [2.75, 3.05) is 19.6 Å². The highest BCUT2D eigenvalue weighted by molar-refractivity contribution is 7.09. The Morgan fingerprint density at radius 3 is 3.05 bits per heavy atom. The summed E-state index contributed by atoms with van der Waals surface area (Å²) in [7, 11) is 0. The first kappa shape index (κ1) is 14.2. The van der Waals surface area contributed by atoms with E-state index in [9.17, 15) is 4.79 Å². The fraction of sp³-hybridized carbons (Fsp3) is 0.375. The van der Waals surface area contributed by atoms with E-state index in [1.54, 1.807) is 11.3 Å². The zero-order valence-corrected chi connectivity index (χ0v) is 12.9. The summed E-state index contributed by atoms with van der Waals surface area (Å²) in [5.74, 6) is 0.540. The molecule has 1 aromatic heterocycles. The lowest BCUT2D eigenvalue weighted by molar-refractivity contribution is 0.0787. The Labute approximate surface area is 128 Å². The highest BCUT2D eigenvalue weighted by Crippen LogP contribution is 2.24. The Morgan fingerprint density at radius 2 is 2.38 bits per heavy atom. The second-order valence-corrected chi connectivity index (χ2v) is 6.54. The number of thiazole rings is 1. The molecule has 5 heteroatoms. The predicted octanol–water partition coefficient (Wildman–Crippen LogP) is 2.54. The summed E-state index contributed by atoms with van der Waals surface area (Å²) in [6.45, 7) is 4.22. The molecule has 110 valence electrons. The van der Waals surface area contributed by atoms with Crippen LogP contribution in [0.3, 0.4) is 0 Å². The molecule has 0 aliphatic carbocycles. The lowest BCUT2D eigenvalue weighted by atomic mass is 10.1. The van der Waals surface area contributed by atoms with E-state index in [0.717, 1.165) is 41.3 Å². The van der Waals surface area contributed by atoms with Gasteiger partial charge in [0.05, 0.1) is 10.7 Å². The zero-order valence-electron chi connectivity index (χ0n) is 12.1. The maximum absolute atomic E-state index is 12.6. The van der Waals surface area contributed by atoms with Crippen LogP contribution in [0.1, 0.15) is 21.8 Å². The Morgan fingerprint density at radius 1 is 1.52 bits per heavy atom. The van der Waals surface area contributed by atoms with E-state index in [-0.39, 0.29) is 5.91 Å². The molecule has 2 N–H and O–H groups in total. The van der Waals surface area contributed by atoms with E-state index in [1.165, 1.54) is 0 Å². The van der Waals surface area contributed by atoms with Crippen molar-refractivity contribution in [2.45, 2.75) is 13.3 Å². The number of hydrogen-bond acceptors (Lipinski definition) is 4. The van der Waals surface area contributed by atoms with Crippen molar-refractivity contribution in [2.24, 2.45) is 11.7 Å². The highest BCUT2D eigenvalue weighted by atomic mass is 32.1. The van der Waals surface area contributed by atoms with Crippen molar-refractivity contribution in [3.8, 4) is 11.3 Å². The van der Waals surface area contributed by atoms with Crippen molar-refractivity contribution < 1.29 is 4.79 Å². The predicted molar refractivity (Wildman–Crippen MR) is 85.4 cm³/mol. The van der Waals surface area contributed by atoms with Gasteiger partial charge >= 0.3 is 0 Å². The molecule has 1 aliphatic rings. The molecule has 1 amide bonds. The Hall–Kier alpha value is -1.72. The van der Waals surface area contributed by atoms with Crippen molar-refractivity contribution in [1.82, 2.24) is 9.88 Å². The van der Waals surface area contributed by atoms with Crippen molar-refractivity contribution in [3.05, 3.63) is 40.2 Å². The zero-order chi connectivity index (χ0) is 14.8. The topological polar surface area (TPSA) is 59.2 Å². The van der Waals surface area contributed by atoms with Gasteiger partial charge in [-0.05, 0) is 37.9 Å². The van der Waals surface area contributed by atoms with E-state index in [4.69, 9.17) is 5.73 Å². The van der Waals surface area contributed by atoms with E-state index in [0.29, 0.717) is 12.5 Å². The molecule has 0 bridgehead atoms. The molecule has 1 aromatic carbocycles. The SMILES string of the molecule is Cc1nc(-c2cccc(C(=O)N3CCC(CN)C3)c2)cs1. The number of likely N-dealkylation sites (tertiary alicyclic amines) is 1. The number of aromatic nitrogens is 1. The Bertz CT molecular complexity index is 652. The van der Waals surface area contributed by atoms with Crippen LogP contribution in [0, 0.1) is 12.8 Å². The monoisotopic (exact) mass is 301 g/mol. The lowest BCUT2D eigenvalue weighted by Crippen LogP contribution is -2.29. The van der Waals surface area contributed by atoms with Crippen LogP contribution in [0.15, 0.2) is 29.6 Å². The third kappa shape index (κ3) is 2.99. The molecule has 0 saturated carbocycles. The van der Waals surface area contributed by atoms with Crippen molar-refractivity contribution >= 4 is 17.2 Å². The first-order chi connectivity index (χ1) is 10.2. The van der Waals surface area contributed by atoms with Gasteiger partial charge in [0.15, 0.2) is 0 Å². The van der Waals surface area contributed by atoms with Crippen LogP contribution in [-0.4, -0.2) is 35.4 Å². The molecule has 1 saturated heterocycles. The van der Waals surface area contributed by atoms with E-state index < -0.39 is 0 Å². The summed E-state index contributed by atoms with van der Waals surface area (Å²) in [4.78, 5) is 19.0. The van der Waals surface area contributed by atoms with Crippen LogP contribution < -0.4 is 5.73 Å². The van der Waals surface area contributed by atoms with Gasteiger partial charge in [-0.25, -0.2) is 4.98 Å². The molecule has 1 unspecified atom stereocenters. The standard InChI is InChI=1S/C16H19N3OS/c1-11-18-15(10-21-11)13-3-2-4-14(7-13)16(20)19-6-5-12(8-17)9-19/h2-4,7,10,12H,5-6,8-9,17H2,1H3. The average molecular weight is 301 g/mol. The summed E-state index contributed by atoms with van der Waals surface area (Å²) >= 11 is 1.62. The average Bonchev–Trinajstić information content (AvgIpc) is 3.15. The van der Waals surface area contributed by atoms with Crippen LogP contribution in [0.5, 0.6) is 0 Å². The number of aryl methyl sites for hydroxylation is 1. The first-order valence-corrected chi connectivity index (χ1v) is 8.07. The summed E-state index contributed by atoms with van der Waals surface area (Å²) in [5.41, 5.74) is 8.36. The minimum atomic E-state index is 0.0970. The molecule has 21 heavy (non-hydrogen) atoms. The Kier molecular flexibility index (Phi) is 4.03. The summed E-state index contributed by atoms with van der Waals surface area (Å²) in [6, 6.07) is 7.74. The normalized spacial score (nSPS) is 18.2. The third-order valence-electron chi connectivity index (χ3n) is 3.93. The number of benzene rings is 1. The van der Waals surface area contributed by atoms with Crippen molar-refractivity contribution in [3.63, 3.8) is 0 Å². The van der Waals surface area contributed by atoms with Gasteiger partial charge in [-0.2, -0.15) is 0 Å². The molecule has 4 nitrogen and oxygen atoms in total. The number of carbonyl (C=O) groups excluding carboxylic acids is 1.